The number of carbonyl (C=O) groups is 2. The zero-order chi connectivity index (χ0) is 17.0. The summed E-state index contributed by atoms with van der Waals surface area (Å²) >= 11 is 0. The van der Waals surface area contributed by atoms with E-state index in [4.69, 9.17) is 5.11 Å². The van der Waals surface area contributed by atoms with Gasteiger partial charge in [-0.25, -0.2) is 0 Å². The van der Waals surface area contributed by atoms with Crippen LogP contribution in [0.4, 0.5) is 13.2 Å². The van der Waals surface area contributed by atoms with Crippen LogP contribution in [0.3, 0.4) is 0 Å². The summed E-state index contributed by atoms with van der Waals surface area (Å²) < 4.78 is 39.9. The molecule has 1 saturated heterocycles. The van der Waals surface area contributed by atoms with Crippen LogP contribution in [0.15, 0.2) is 24.3 Å². The molecule has 1 heterocycles. The van der Waals surface area contributed by atoms with E-state index in [1.807, 2.05) is 0 Å². The smallest absolute Gasteiger partial charge is 0.481 e. The van der Waals surface area contributed by atoms with Crippen LogP contribution in [0.5, 0.6) is 5.75 Å². The van der Waals surface area contributed by atoms with Crippen LogP contribution in [0.25, 0.3) is 0 Å². The molecule has 1 aromatic rings. The molecule has 1 aliphatic rings. The fraction of sp³-hybridized carbons (Fsp3) is 0.467. The number of hydrogen-bond acceptors (Lipinski definition) is 3. The largest absolute Gasteiger partial charge is 0.573 e. The Kier molecular flexibility index (Phi) is 6.89. The summed E-state index contributed by atoms with van der Waals surface area (Å²) in [5, 5.41) is 8.90. The van der Waals surface area contributed by atoms with Gasteiger partial charge in [-0.2, -0.15) is 0 Å². The third-order valence-corrected chi connectivity index (χ3v) is 3.67. The van der Waals surface area contributed by atoms with Crippen molar-refractivity contribution < 1.29 is 32.6 Å². The summed E-state index contributed by atoms with van der Waals surface area (Å²) in [6.45, 7) is 0.640. The van der Waals surface area contributed by atoms with E-state index in [1.54, 1.807) is 0 Å². The van der Waals surface area contributed by atoms with Gasteiger partial charge in [0.15, 0.2) is 0 Å². The maximum Gasteiger partial charge on any atom is 0.573 e. The minimum absolute atomic E-state index is 0. The van der Waals surface area contributed by atoms with E-state index >= 15 is 0 Å². The van der Waals surface area contributed by atoms with Gasteiger partial charge in [0.05, 0.1) is 5.92 Å². The number of amides is 1. The Morgan fingerprint density at radius 1 is 1.25 bits per heavy atom. The van der Waals surface area contributed by atoms with Crippen LogP contribution in [0, 0.1) is 5.92 Å². The van der Waals surface area contributed by atoms with Crippen LogP contribution < -0.4 is 4.74 Å². The van der Waals surface area contributed by atoms with Crippen molar-refractivity contribution in [2.45, 2.75) is 25.6 Å². The number of carbonyl (C=O) groups excluding carboxylic acids is 1. The number of aryl methyl sites for hydroxylation is 1. The standard InChI is InChI=1S/C15H16F3NO4.ClH/c16-15(17,18)23-12-4-1-10(2-5-12)3-6-13(20)19-8-7-11(9-19)14(21)22;/h1-2,4-5,11H,3,6-9H2,(H,21,22);1H. The molecule has 0 spiro atoms. The molecule has 0 aromatic heterocycles. The lowest BCUT2D eigenvalue weighted by Crippen LogP contribution is -2.30. The molecule has 9 heteroatoms. The number of benzene rings is 1. The molecule has 0 aliphatic carbocycles. The van der Waals surface area contributed by atoms with Crippen molar-refractivity contribution in [1.82, 2.24) is 4.90 Å². The predicted octanol–water partition coefficient (Wildman–Crippen LogP) is 2.87. The number of hydrogen-bond donors (Lipinski definition) is 1. The number of likely N-dealkylation sites (tertiary alicyclic amines) is 1. The van der Waals surface area contributed by atoms with Gasteiger partial charge >= 0.3 is 12.3 Å². The Bertz CT molecular complexity index is 577. The lowest BCUT2D eigenvalue weighted by molar-refractivity contribution is -0.274. The third kappa shape index (κ3) is 5.92. The molecule has 1 unspecified atom stereocenters. The van der Waals surface area contributed by atoms with Crippen LogP contribution in [0.2, 0.25) is 0 Å². The van der Waals surface area contributed by atoms with E-state index in [0.717, 1.165) is 0 Å². The summed E-state index contributed by atoms with van der Waals surface area (Å²) in [6, 6.07) is 5.34. The van der Waals surface area contributed by atoms with Crippen LogP contribution in [0.1, 0.15) is 18.4 Å². The summed E-state index contributed by atoms with van der Waals surface area (Å²) in [6.07, 6.45) is -3.72. The van der Waals surface area contributed by atoms with Crippen molar-refractivity contribution >= 4 is 24.3 Å². The second-order valence-electron chi connectivity index (χ2n) is 5.36. The molecule has 1 amide bonds. The van der Waals surface area contributed by atoms with Crippen LogP contribution in [-0.4, -0.2) is 41.3 Å². The summed E-state index contributed by atoms with van der Waals surface area (Å²) in [5.41, 5.74) is 0.710. The lowest BCUT2D eigenvalue weighted by atomic mass is 10.1. The van der Waals surface area contributed by atoms with Gasteiger partial charge in [0.2, 0.25) is 5.91 Å². The Morgan fingerprint density at radius 2 is 1.88 bits per heavy atom. The number of carboxylic acid groups (broad SMARTS) is 1. The summed E-state index contributed by atoms with van der Waals surface area (Å²) in [5.74, 6) is -1.88. The first-order chi connectivity index (χ1) is 10.7. The highest BCUT2D eigenvalue weighted by atomic mass is 35.5. The first-order valence-electron chi connectivity index (χ1n) is 7.10. The first-order valence-corrected chi connectivity index (χ1v) is 7.10. The fourth-order valence-electron chi connectivity index (χ4n) is 2.46. The van der Waals surface area contributed by atoms with Crippen molar-refractivity contribution in [3.63, 3.8) is 0 Å². The van der Waals surface area contributed by atoms with E-state index in [9.17, 15) is 22.8 Å². The maximum absolute atomic E-state index is 12.0. The number of alkyl halides is 3. The van der Waals surface area contributed by atoms with Gasteiger partial charge in [-0.05, 0) is 30.5 Å². The number of aliphatic carboxylic acids is 1. The highest BCUT2D eigenvalue weighted by molar-refractivity contribution is 5.85. The van der Waals surface area contributed by atoms with E-state index in [-0.39, 0.29) is 37.0 Å². The second kappa shape index (κ2) is 8.23. The predicted molar refractivity (Wildman–Crippen MR) is 81.0 cm³/mol. The molecule has 1 aromatic carbocycles. The average molecular weight is 368 g/mol. The minimum atomic E-state index is -4.73. The molecule has 1 aliphatic heterocycles. The Morgan fingerprint density at radius 3 is 2.38 bits per heavy atom. The monoisotopic (exact) mass is 367 g/mol. The van der Waals surface area contributed by atoms with Gasteiger partial charge in [-0.1, -0.05) is 12.1 Å². The molecule has 1 N–H and O–H groups in total. The van der Waals surface area contributed by atoms with E-state index in [2.05, 4.69) is 4.74 Å². The van der Waals surface area contributed by atoms with Gasteiger partial charge in [-0.3, -0.25) is 9.59 Å². The number of ether oxygens (including phenoxy) is 1. The minimum Gasteiger partial charge on any atom is -0.481 e. The average Bonchev–Trinajstić information content (AvgIpc) is 2.94. The Balaban J connectivity index is 0.00000288. The fourth-order valence-corrected chi connectivity index (χ4v) is 2.46. The van der Waals surface area contributed by atoms with Crippen molar-refractivity contribution in [3.05, 3.63) is 29.8 Å². The highest BCUT2D eigenvalue weighted by Crippen LogP contribution is 2.23. The van der Waals surface area contributed by atoms with Crippen molar-refractivity contribution in [3.8, 4) is 5.75 Å². The molecular formula is C15H17ClF3NO4. The molecule has 134 valence electrons. The van der Waals surface area contributed by atoms with Gasteiger partial charge in [0.1, 0.15) is 5.75 Å². The third-order valence-electron chi connectivity index (χ3n) is 3.67. The zero-order valence-electron chi connectivity index (χ0n) is 12.6. The Labute approximate surface area is 142 Å². The normalized spacial score (nSPS) is 17.3. The van der Waals surface area contributed by atoms with Gasteiger partial charge in [0, 0.05) is 19.5 Å². The van der Waals surface area contributed by atoms with Gasteiger partial charge < -0.3 is 14.7 Å². The second-order valence-corrected chi connectivity index (χ2v) is 5.36. The topological polar surface area (TPSA) is 66.8 Å². The SMILES string of the molecule is Cl.O=C(O)C1CCN(C(=O)CCc2ccc(OC(F)(F)F)cc2)C1. The van der Waals surface area contributed by atoms with E-state index in [0.29, 0.717) is 24.9 Å². The van der Waals surface area contributed by atoms with Crippen LogP contribution >= 0.6 is 12.4 Å². The molecule has 0 bridgehead atoms. The van der Waals surface area contributed by atoms with Crippen LogP contribution in [-0.2, 0) is 16.0 Å². The molecule has 1 fully saturated rings. The number of nitrogens with zero attached hydrogens (tertiary/aromatic N) is 1. The quantitative estimate of drug-likeness (QED) is 0.869. The van der Waals surface area contributed by atoms with Gasteiger partial charge in [0.25, 0.3) is 0 Å². The van der Waals surface area contributed by atoms with Crippen molar-refractivity contribution in [1.29, 1.82) is 0 Å². The van der Waals surface area contributed by atoms with E-state index in [1.165, 1.54) is 29.2 Å². The highest BCUT2D eigenvalue weighted by Gasteiger charge is 2.31. The molecule has 5 nitrogen and oxygen atoms in total. The van der Waals surface area contributed by atoms with E-state index < -0.39 is 18.2 Å². The molecule has 24 heavy (non-hydrogen) atoms. The zero-order valence-corrected chi connectivity index (χ0v) is 13.4. The molecule has 0 saturated carbocycles. The molecule has 2 rings (SSSR count). The number of halogens is 4. The number of carboxylic acids is 1. The molecule has 1 atom stereocenters. The molecular weight excluding hydrogens is 351 g/mol. The first kappa shape index (κ1) is 20.1. The van der Waals surface area contributed by atoms with Crippen molar-refractivity contribution in [2.75, 3.05) is 13.1 Å². The summed E-state index contributed by atoms with van der Waals surface area (Å²) in [7, 11) is 0. The maximum atomic E-state index is 12.0. The lowest BCUT2D eigenvalue weighted by Gasteiger charge is -2.15. The van der Waals surface area contributed by atoms with Gasteiger partial charge in [-0.15, -0.1) is 25.6 Å². The molecule has 0 radical (unpaired) electrons. The van der Waals surface area contributed by atoms with Crippen molar-refractivity contribution in [2.24, 2.45) is 5.92 Å². The summed E-state index contributed by atoms with van der Waals surface area (Å²) in [4.78, 5) is 24.4. The number of rotatable bonds is 5. The Hall–Kier alpha value is -1.96.